The Morgan fingerprint density at radius 1 is 1.24 bits per heavy atom. The van der Waals surface area contributed by atoms with E-state index in [1.807, 2.05) is 20.8 Å². The van der Waals surface area contributed by atoms with Crippen LogP contribution in [-0.2, 0) is 11.3 Å². The molecule has 10 heteroatoms. The highest BCUT2D eigenvalue weighted by molar-refractivity contribution is 8.26. The van der Waals surface area contributed by atoms with Gasteiger partial charge in [0.05, 0.1) is 11.5 Å². The largest absolute Gasteiger partial charge is 0.395 e. The summed E-state index contributed by atoms with van der Waals surface area (Å²) in [6.07, 6.45) is 1.80. The highest BCUT2D eigenvalue weighted by Gasteiger charge is 2.33. The second kappa shape index (κ2) is 10.8. The monoisotopic (exact) mass is 489 g/mol. The number of hydrogen-bond acceptors (Lipinski definition) is 8. The number of rotatable bonds is 7. The number of piperazine rings is 1. The van der Waals surface area contributed by atoms with Crippen LogP contribution in [0.5, 0.6) is 0 Å². The SMILES string of the molecule is CCn1c(N2CCN(CCO)CC2)c(C=C2SC(=S)N(CC(C)C)C2=O)c(C)c(C#N)c1=O. The molecule has 33 heavy (non-hydrogen) atoms. The number of hydrogen-bond donors (Lipinski definition) is 1. The van der Waals surface area contributed by atoms with E-state index in [9.17, 15) is 20.0 Å². The van der Waals surface area contributed by atoms with Gasteiger partial charge in [-0.2, -0.15) is 5.26 Å². The Morgan fingerprint density at radius 2 is 1.91 bits per heavy atom. The number of anilines is 1. The summed E-state index contributed by atoms with van der Waals surface area (Å²) in [5.41, 5.74) is 1.08. The summed E-state index contributed by atoms with van der Waals surface area (Å²) in [7, 11) is 0. The highest BCUT2D eigenvalue weighted by atomic mass is 32.2. The fourth-order valence-electron chi connectivity index (χ4n) is 4.26. The summed E-state index contributed by atoms with van der Waals surface area (Å²) in [5.74, 6) is 0.882. The average Bonchev–Trinajstić information content (AvgIpc) is 3.03. The van der Waals surface area contributed by atoms with Gasteiger partial charge in [0.15, 0.2) is 0 Å². The van der Waals surface area contributed by atoms with Gasteiger partial charge >= 0.3 is 0 Å². The van der Waals surface area contributed by atoms with Crippen LogP contribution in [0.15, 0.2) is 9.70 Å². The minimum Gasteiger partial charge on any atom is -0.395 e. The number of aliphatic hydroxyl groups excluding tert-OH is 1. The zero-order valence-corrected chi connectivity index (χ0v) is 21.3. The van der Waals surface area contributed by atoms with Crippen LogP contribution in [0.4, 0.5) is 5.82 Å². The predicted octanol–water partition coefficient (Wildman–Crippen LogP) is 2.02. The lowest BCUT2D eigenvalue weighted by atomic mass is 10.0. The maximum Gasteiger partial charge on any atom is 0.270 e. The van der Waals surface area contributed by atoms with Crippen molar-refractivity contribution in [1.29, 1.82) is 5.26 Å². The maximum absolute atomic E-state index is 13.1. The van der Waals surface area contributed by atoms with Crippen molar-refractivity contribution in [2.24, 2.45) is 5.92 Å². The maximum atomic E-state index is 13.1. The molecule has 2 aliphatic rings. The quantitative estimate of drug-likeness (QED) is 0.459. The fraction of sp³-hybridized carbons (Fsp3) is 0.565. The number of nitriles is 1. The third-order valence-electron chi connectivity index (χ3n) is 5.95. The Labute approximate surface area is 204 Å². The molecular formula is C23H31N5O3S2. The number of pyridine rings is 1. The molecule has 178 valence electrons. The first kappa shape index (κ1) is 25.4. The number of nitrogens with zero attached hydrogens (tertiary/aromatic N) is 5. The molecule has 0 unspecified atom stereocenters. The van der Waals surface area contributed by atoms with E-state index in [4.69, 9.17) is 12.2 Å². The normalized spacial score (nSPS) is 18.6. The van der Waals surface area contributed by atoms with Gasteiger partial charge in [-0.15, -0.1) is 0 Å². The number of amides is 1. The summed E-state index contributed by atoms with van der Waals surface area (Å²) in [6.45, 7) is 12.3. The molecular weight excluding hydrogens is 458 g/mol. The zero-order chi connectivity index (χ0) is 24.3. The first-order chi connectivity index (χ1) is 15.7. The predicted molar refractivity (Wildman–Crippen MR) is 136 cm³/mol. The molecule has 0 bridgehead atoms. The number of aromatic nitrogens is 1. The molecule has 1 amide bonds. The second-order valence-electron chi connectivity index (χ2n) is 8.64. The molecule has 3 heterocycles. The summed E-state index contributed by atoms with van der Waals surface area (Å²) in [6, 6.07) is 2.07. The lowest BCUT2D eigenvalue weighted by Crippen LogP contribution is -2.49. The van der Waals surface area contributed by atoms with E-state index in [2.05, 4.69) is 15.9 Å². The van der Waals surface area contributed by atoms with Gasteiger partial charge in [0.25, 0.3) is 11.5 Å². The number of β-amino-alcohol motifs (C(OH)–C–C–N with tert-alkyl or cyclic N) is 1. The fourth-order valence-corrected chi connectivity index (χ4v) is 5.51. The molecule has 0 atom stereocenters. The van der Waals surface area contributed by atoms with E-state index in [1.165, 1.54) is 11.8 Å². The van der Waals surface area contributed by atoms with E-state index < -0.39 is 0 Å². The van der Waals surface area contributed by atoms with E-state index in [-0.39, 0.29) is 29.6 Å². The summed E-state index contributed by atoms with van der Waals surface area (Å²) < 4.78 is 2.16. The van der Waals surface area contributed by atoms with Gasteiger partial charge in [-0.1, -0.05) is 37.8 Å². The van der Waals surface area contributed by atoms with Crippen LogP contribution in [0, 0.1) is 24.2 Å². The van der Waals surface area contributed by atoms with E-state index in [0.717, 1.165) is 18.9 Å². The highest BCUT2D eigenvalue weighted by Crippen LogP contribution is 2.36. The lowest BCUT2D eigenvalue weighted by Gasteiger charge is -2.37. The standard InChI is InChI=1S/C23H31N5O3S2/c1-5-27-20(26-8-6-25(7-9-26)10-11-29)17(16(4)18(13-24)21(27)30)12-19-22(31)28(14-15(2)3)23(32)33-19/h12,15,29H,5-11,14H2,1-4H3. The number of carbonyl (C=O) groups excluding carboxylic acids is 1. The topological polar surface area (TPSA) is 92.8 Å². The molecule has 1 aromatic rings. The van der Waals surface area contributed by atoms with Crippen molar-refractivity contribution in [3.05, 3.63) is 31.9 Å². The van der Waals surface area contributed by atoms with Crippen molar-refractivity contribution in [3.63, 3.8) is 0 Å². The molecule has 0 spiro atoms. The number of aliphatic hydroxyl groups is 1. The molecule has 1 aromatic heterocycles. The van der Waals surface area contributed by atoms with E-state index >= 15 is 0 Å². The van der Waals surface area contributed by atoms with E-state index in [0.29, 0.717) is 53.1 Å². The minimum atomic E-state index is -0.310. The Morgan fingerprint density at radius 3 is 2.45 bits per heavy atom. The lowest BCUT2D eigenvalue weighted by molar-refractivity contribution is -0.122. The third-order valence-corrected chi connectivity index (χ3v) is 7.33. The molecule has 2 fully saturated rings. The molecule has 1 N–H and O–H groups in total. The first-order valence-corrected chi connectivity index (χ1v) is 12.5. The molecule has 2 aliphatic heterocycles. The molecule has 8 nitrogen and oxygen atoms in total. The van der Waals surface area contributed by atoms with Gasteiger partial charge in [-0.05, 0) is 31.4 Å². The Bertz CT molecular complexity index is 1070. The van der Waals surface area contributed by atoms with Crippen molar-refractivity contribution in [2.75, 3.05) is 50.8 Å². The van der Waals surface area contributed by atoms with Crippen LogP contribution in [0.2, 0.25) is 0 Å². The summed E-state index contributed by atoms with van der Waals surface area (Å²) in [4.78, 5) is 32.7. The van der Waals surface area contributed by atoms with Gasteiger partial charge in [0.2, 0.25) is 0 Å². The Balaban J connectivity index is 2.12. The van der Waals surface area contributed by atoms with Crippen LogP contribution < -0.4 is 10.5 Å². The average molecular weight is 490 g/mol. The van der Waals surface area contributed by atoms with Gasteiger partial charge < -0.3 is 10.0 Å². The minimum absolute atomic E-state index is 0.100. The Hall–Kier alpha value is -2.19. The molecule has 0 saturated carbocycles. The van der Waals surface area contributed by atoms with Crippen LogP contribution in [0.1, 0.15) is 37.5 Å². The molecule has 3 rings (SSSR count). The third kappa shape index (κ3) is 5.17. The van der Waals surface area contributed by atoms with Crippen LogP contribution in [0.25, 0.3) is 6.08 Å². The van der Waals surface area contributed by atoms with Crippen LogP contribution >= 0.6 is 24.0 Å². The zero-order valence-electron chi connectivity index (χ0n) is 19.6. The Kier molecular flexibility index (Phi) is 8.34. The molecule has 2 saturated heterocycles. The van der Waals surface area contributed by atoms with E-state index in [1.54, 1.807) is 22.5 Å². The molecule has 0 aliphatic carbocycles. The summed E-state index contributed by atoms with van der Waals surface area (Å²) in [5, 5.41) is 19.0. The van der Waals surface area contributed by atoms with Gasteiger partial charge in [-0.3, -0.25) is 24.0 Å². The molecule has 0 aromatic carbocycles. The second-order valence-corrected chi connectivity index (χ2v) is 10.3. The van der Waals surface area contributed by atoms with Crippen molar-refractivity contribution < 1.29 is 9.90 Å². The van der Waals surface area contributed by atoms with Crippen molar-refractivity contribution in [3.8, 4) is 6.07 Å². The molecule has 0 radical (unpaired) electrons. The number of thiocarbonyl (C=S) groups is 1. The van der Waals surface area contributed by atoms with Crippen LogP contribution in [0.3, 0.4) is 0 Å². The van der Waals surface area contributed by atoms with Crippen LogP contribution in [-0.4, -0.2) is 75.6 Å². The van der Waals surface area contributed by atoms with Crippen molar-refractivity contribution in [1.82, 2.24) is 14.4 Å². The first-order valence-electron chi connectivity index (χ1n) is 11.2. The van der Waals surface area contributed by atoms with Crippen molar-refractivity contribution in [2.45, 2.75) is 34.2 Å². The number of carbonyl (C=O) groups is 1. The number of thioether (sulfide) groups is 1. The van der Waals surface area contributed by atoms with Gasteiger partial charge in [0.1, 0.15) is 21.8 Å². The summed E-state index contributed by atoms with van der Waals surface area (Å²) >= 11 is 6.72. The smallest absolute Gasteiger partial charge is 0.270 e. The van der Waals surface area contributed by atoms with Gasteiger partial charge in [-0.25, -0.2) is 0 Å². The van der Waals surface area contributed by atoms with Gasteiger partial charge in [0, 0.05) is 51.4 Å². The van der Waals surface area contributed by atoms with Crippen molar-refractivity contribution >= 4 is 46.1 Å².